The molecule has 0 aliphatic carbocycles. The van der Waals surface area contributed by atoms with Gasteiger partial charge in [0.25, 0.3) is 5.69 Å². The van der Waals surface area contributed by atoms with Gasteiger partial charge in [0.05, 0.1) is 4.92 Å². The minimum absolute atomic E-state index is 0.0223. The molecule has 108 valence electrons. The van der Waals surface area contributed by atoms with Crippen molar-refractivity contribution < 1.29 is 14.4 Å². The van der Waals surface area contributed by atoms with Gasteiger partial charge in [-0.2, -0.15) is 0 Å². The van der Waals surface area contributed by atoms with E-state index in [4.69, 9.17) is 9.47 Å². The highest BCUT2D eigenvalue weighted by Crippen LogP contribution is 2.36. The van der Waals surface area contributed by atoms with Crippen molar-refractivity contribution in [1.29, 1.82) is 0 Å². The van der Waals surface area contributed by atoms with Gasteiger partial charge in [-0.15, -0.1) is 0 Å². The van der Waals surface area contributed by atoms with Crippen LogP contribution in [0.15, 0.2) is 40.9 Å². The highest BCUT2D eigenvalue weighted by atomic mass is 79.9. The lowest BCUT2D eigenvalue weighted by Gasteiger charge is -2.09. The monoisotopic (exact) mass is 350 g/mol. The van der Waals surface area contributed by atoms with E-state index in [9.17, 15) is 10.1 Å². The number of hydrogen-bond donors (Lipinski definition) is 1. The number of anilines is 1. The van der Waals surface area contributed by atoms with Gasteiger partial charge in [0.15, 0.2) is 11.5 Å². The first-order valence-corrected chi connectivity index (χ1v) is 7.00. The van der Waals surface area contributed by atoms with Gasteiger partial charge in [-0.1, -0.05) is 28.1 Å². The van der Waals surface area contributed by atoms with E-state index in [1.807, 2.05) is 18.2 Å². The first kappa shape index (κ1) is 13.7. The third kappa shape index (κ3) is 2.78. The number of benzene rings is 2. The van der Waals surface area contributed by atoms with Crippen molar-refractivity contribution in [1.82, 2.24) is 0 Å². The second kappa shape index (κ2) is 5.61. The molecule has 21 heavy (non-hydrogen) atoms. The fourth-order valence-electron chi connectivity index (χ4n) is 2.13. The van der Waals surface area contributed by atoms with Gasteiger partial charge >= 0.3 is 0 Å². The Labute approximate surface area is 129 Å². The van der Waals surface area contributed by atoms with Crippen LogP contribution in [0, 0.1) is 10.1 Å². The molecule has 2 aromatic carbocycles. The largest absolute Gasteiger partial charge is 0.454 e. The Balaban J connectivity index is 1.83. The van der Waals surface area contributed by atoms with Crippen molar-refractivity contribution in [3.8, 4) is 11.5 Å². The van der Waals surface area contributed by atoms with Crippen molar-refractivity contribution in [2.24, 2.45) is 0 Å². The summed E-state index contributed by atoms with van der Waals surface area (Å²) in [5, 5.41) is 14.1. The number of hydrogen-bond acceptors (Lipinski definition) is 5. The van der Waals surface area contributed by atoms with Gasteiger partial charge < -0.3 is 14.8 Å². The predicted octanol–water partition coefficient (Wildman–Crippen LogP) is 3.70. The molecule has 0 saturated heterocycles. The van der Waals surface area contributed by atoms with E-state index in [2.05, 4.69) is 21.2 Å². The summed E-state index contributed by atoms with van der Waals surface area (Å²) < 4.78 is 11.4. The van der Waals surface area contributed by atoms with Crippen LogP contribution >= 0.6 is 15.9 Å². The quantitative estimate of drug-likeness (QED) is 0.672. The fraction of sp³-hybridized carbons (Fsp3) is 0.143. The Bertz CT molecular complexity index is 705. The van der Waals surface area contributed by atoms with E-state index in [1.54, 1.807) is 12.1 Å². The molecule has 0 radical (unpaired) electrons. The summed E-state index contributed by atoms with van der Waals surface area (Å²) in [4.78, 5) is 10.7. The molecule has 0 spiro atoms. The first-order valence-electron chi connectivity index (χ1n) is 6.20. The zero-order valence-electron chi connectivity index (χ0n) is 10.8. The molecule has 6 nitrogen and oxygen atoms in total. The average molecular weight is 351 g/mol. The van der Waals surface area contributed by atoms with E-state index in [-0.39, 0.29) is 12.5 Å². The predicted molar refractivity (Wildman–Crippen MR) is 80.7 cm³/mol. The average Bonchev–Trinajstić information content (AvgIpc) is 2.94. The molecule has 0 saturated carbocycles. The van der Waals surface area contributed by atoms with Gasteiger partial charge in [0, 0.05) is 22.6 Å². The number of para-hydroxylation sites is 1. The molecule has 0 fully saturated rings. The Kier molecular flexibility index (Phi) is 3.66. The number of nitro groups is 1. The molecule has 0 amide bonds. The summed E-state index contributed by atoms with van der Waals surface area (Å²) in [5.41, 5.74) is 1.37. The maximum Gasteiger partial charge on any atom is 0.293 e. The van der Waals surface area contributed by atoms with E-state index in [0.29, 0.717) is 28.2 Å². The molecule has 0 atom stereocenters. The van der Waals surface area contributed by atoms with Crippen LogP contribution in [0.25, 0.3) is 0 Å². The Morgan fingerprint density at radius 2 is 2.14 bits per heavy atom. The molecule has 7 heteroatoms. The number of nitrogens with zero attached hydrogens (tertiary/aromatic N) is 1. The lowest BCUT2D eigenvalue weighted by Crippen LogP contribution is -2.03. The minimum atomic E-state index is -0.415. The van der Waals surface area contributed by atoms with E-state index in [0.717, 1.165) is 5.56 Å². The van der Waals surface area contributed by atoms with Gasteiger partial charge in [-0.25, -0.2) is 0 Å². The normalized spacial score (nSPS) is 12.2. The standard InChI is InChI=1S/C14H11BrN2O4/c15-10-4-5-11(12(6-10)17(18)19)16-7-9-2-1-3-13-14(9)21-8-20-13/h1-6,16H,7-8H2. The second-order valence-corrected chi connectivity index (χ2v) is 5.34. The zero-order valence-corrected chi connectivity index (χ0v) is 12.4. The summed E-state index contributed by atoms with van der Waals surface area (Å²) in [6, 6.07) is 10.5. The van der Waals surface area contributed by atoms with Crippen LogP contribution < -0.4 is 14.8 Å². The lowest BCUT2D eigenvalue weighted by molar-refractivity contribution is -0.384. The van der Waals surface area contributed by atoms with Crippen LogP contribution in [0.3, 0.4) is 0 Å². The van der Waals surface area contributed by atoms with Crippen molar-refractivity contribution in [2.45, 2.75) is 6.54 Å². The molecule has 1 heterocycles. The Morgan fingerprint density at radius 3 is 2.95 bits per heavy atom. The van der Waals surface area contributed by atoms with Crippen LogP contribution in [0.2, 0.25) is 0 Å². The van der Waals surface area contributed by atoms with Crippen LogP contribution in [0.4, 0.5) is 11.4 Å². The third-order valence-electron chi connectivity index (χ3n) is 3.10. The third-order valence-corrected chi connectivity index (χ3v) is 3.60. The van der Waals surface area contributed by atoms with Gasteiger partial charge in [-0.3, -0.25) is 10.1 Å². The number of fused-ring (bicyclic) bond motifs is 1. The van der Waals surface area contributed by atoms with Crippen molar-refractivity contribution in [3.05, 3.63) is 56.5 Å². The first-order chi connectivity index (χ1) is 10.1. The molecule has 3 rings (SSSR count). The van der Waals surface area contributed by atoms with Crippen LogP contribution in [0.5, 0.6) is 11.5 Å². The van der Waals surface area contributed by atoms with Gasteiger partial charge in [0.2, 0.25) is 6.79 Å². The molecular weight excluding hydrogens is 340 g/mol. The van der Waals surface area contributed by atoms with E-state index >= 15 is 0 Å². The Morgan fingerprint density at radius 1 is 1.29 bits per heavy atom. The summed E-state index contributed by atoms with van der Waals surface area (Å²) >= 11 is 3.23. The van der Waals surface area contributed by atoms with Crippen molar-refractivity contribution >= 4 is 27.3 Å². The van der Waals surface area contributed by atoms with Crippen LogP contribution in [-0.4, -0.2) is 11.7 Å². The highest BCUT2D eigenvalue weighted by Gasteiger charge is 2.18. The molecule has 0 unspecified atom stereocenters. The minimum Gasteiger partial charge on any atom is -0.454 e. The number of ether oxygens (including phenoxy) is 2. The smallest absolute Gasteiger partial charge is 0.293 e. The molecule has 1 aliphatic heterocycles. The lowest BCUT2D eigenvalue weighted by atomic mass is 10.1. The maximum atomic E-state index is 11.1. The summed E-state index contributed by atoms with van der Waals surface area (Å²) in [5.74, 6) is 1.38. The molecule has 1 N–H and O–H groups in total. The number of halogens is 1. The van der Waals surface area contributed by atoms with Gasteiger partial charge in [-0.05, 0) is 18.2 Å². The molecule has 1 aliphatic rings. The summed E-state index contributed by atoms with van der Waals surface area (Å²) in [7, 11) is 0. The maximum absolute atomic E-state index is 11.1. The topological polar surface area (TPSA) is 73.6 Å². The highest BCUT2D eigenvalue weighted by molar-refractivity contribution is 9.10. The van der Waals surface area contributed by atoms with Crippen LogP contribution in [0.1, 0.15) is 5.56 Å². The van der Waals surface area contributed by atoms with Crippen molar-refractivity contribution in [3.63, 3.8) is 0 Å². The molecule has 0 bridgehead atoms. The fourth-order valence-corrected chi connectivity index (χ4v) is 2.47. The second-order valence-electron chi connectivity index (χ2n) is 4.42. The van der Waals surface area contributed by atoms with Crippen LogP contribution in [-0.2, 0) is 6.54 Å². The number of rotatable bonds is 4. The summed E-state index contributed by atoms with van der Waals surface area (Å²) in [6.07, 6.45) is 0. The van der Waals surface area contributed by atoms with E-state index in [1.165, 1.54) is 6.07 Å². The summed E-state index contributed by atoms with van der Waals surface area (Å²) in [6.45, 7) is 0.611. The zero-order chi connectivity index (χ0) is 14.8. The number of nitrogens with one attached hydrogen (secondary N) is 1. The number of nitro benzene ring substituents is 1. The van der Waals surface area contributed by atoms with E-state index < -0.39 is 4.92 Å². The Hall–Kier alpha value is -2.28. The molecule has 2 aromatic rings. The SMILES string of the molecule is O=[N+]([O-])c1cc(Br)ccc1NCc1cccc2c1OCO2. The molecule has 0 aromatic heterocycles. The molecular formula is C14H11BrN2O4. The van der Waals surface area contributed by atoms with Gasteiger partial charge in [0.1, 0.15) is 5.69 Å². The van der Waals surface area contributed by atoms with Crippen molar-refractivity contribution in [2.75, 3.05) is 12.1 Å².